The molecule has 1 fully saturated rings. The Morgan fingerprint density at radius 3 is 2.29 bits per heavy atom. The summed E-state index contributed by atoms with van der Waals surface area (Å²) in [5.74, 6) is 0.464. The van der Waals surface area contributed by atoms with E-state index in [1.165, 1.54) is 12.1 Å². The summed E-state index contributed by atoms with van der Waals surface area (Å²) in [6.07, 6.45) is -4.61. The van der Waals surface area contributed by atoms with E-state index in [1.54, 1.807) is 0 Å². The summed E-state index contributed by atoms with van der Waals surface area (Å²) in [5.41, 5.74) is -1.01. The highest BCUT2D eigenvalue weighted by Crippen LogP contribution is 2.33. The first-order valence-corrected chi connectivity index (χ1v) is 10.0. The van der Waals surface area contributed by atoms with Crippen LogP contribution in [-0.2, 0) is 16.0 Å². The molecule has 0 aliphatic carbocycles. The van der Waals surface area contributed by atoms with E-state index in [9.17, 15) is 21.6 Å². The molecule has 7 nitrogen and oxygen atoms in total. The number of sulfone groups is 1. The molecule has 12 heteroatoms. The zero-order chi connectivity index (χ0) is 18.9. The van der Waals surface area contributed by atoms with Gasteiger partial charge in [-0.05, 0) is 46.3 Å². The highest BCUT2D eigenvalue weighted by atomic mass is 79.9. The summed E-state index contributed by atoms with van der Waals surface area (Å²) in [6, 6.07) is 6.42. The van der Waals surface area contributed by atoms with Crippen molar-refractivity contribution < 1.29 is 21.6 Å². The van der Waals surface area contributed by atoms with Crippen molar-refractivity contribution in [2.75, 3.05) is 31.1 Å². The minimum Gasteiger partial charge on any atom is -0.354 e. The molecule has 1 aromatic heterocycles. The van der Waals surface area contributed by atoms with Gasteiger partial charge in [0.1, 0.15) is 10.4 Å². The molecule has 7 N–H and O–H groups in total. The number of aromatic nitrogens is 1. The van der Waals surface area contributed by atoms with E-state index in [4.69, 9.17) is 0 Å². The molecule has 0 spiro atoms. The smallest absolute Gasteiger partial charge is 0.354 e. The molecule has 1 aliphatic rings. The van der Waals surface area contributed by atoms with Gasteiger partial charge in [-0.3, -0.25) is 0 Å². The number of benzene rings is 1. The van der Waals surface area contributed by atoms with Crippen LogP contribution in [0.2, 0.25) is 0 Å². The van der Waals surface area contributed by atoms with Crippen molar-refractivity contribution >= 4 is 31.6 Å². The Kier molecular flexibility index (Phi) is 7.97. The fraction of sp³-hybridized carbons (Fsp3) is 0.312. The van der Waals surface area contributed by atoms with Crippen LogP contribution in [0.5, 0.6) is 0 Å². The van der Waals surface area contributed by atoms with Gasteiger partial charge in [0.2, 0.25) is 9.84 Å². The van der Waals surface area contributed by atoms with Crippen LogP contribution in [0.25, 0.3) is 0 Å². The summed E-state index contributed by atoms with van der Waals surface area (Å²) >= 11 is 3.19. The number of nitrogens with zero attached hydrogens (tertiary/aromatic N) is 2. The number of rotatable bonds is 3. The summed E-state index contributed by atoms with van der Waals surface area (Å²) in [4.78, 5) is 5.70. The van der Waals surface area contributed by atoms with Gasteiger partial charge in [0, 0.05) is 26.2 Å². The van der Waals surface area contributed by atoms with Crippen LogP contribution < -0.4 is 22.5 Å². The minimum absolute atomic E-state index is 0. The minimum atomic E-state index is -4.61. The second kappa shape index (κ2) is 9.18. The average Bonchev–Trinajstić information content (AvgIpc) is 2.61. The number of halogens is 4. The van der Waals surface area contributed by atoms with Gasteiger partial charge in [-0.15, -0.1) is 0 Å². The fourth-order valence-electron chi connectivity index (χ4n) is 2.65. The first-order chi connectivity index (χ1) is 12.2. The zero-order valence-corrected chi connectivity index (χ0v) is 17.2. The molecule has 0 saturated carbocycles. The van der Waals surface area contributed by atoms with Crippen LogP contribution in [0.3, 0.4) is 0 Å². The fourth-order valence-corrected chi connectivity index (χ4v) is 4.57. The van der Waals surface area contributed by atoms with Gasteiger partial charge in [0.25, 0.3) is 0 Å². The number of pyridine rings is 1. The maximum Gasteiger partial charge on any atom is 0.416 e. The van der Waals surface area contributed by atoms with Crippen LogP contribution in [0, 0.1) is 0 Å². The van der Waals surface area contributed by atoms with Gasteiger partial charge in [-0.1, -0.05) is 6.07 Å². The highest BCUT2D eigenvalue weighted by Gasteiger charge is 2.32. The molecule has 2 heterocycles. The van der Waals surface area contributed by atoms with Crippen molar-refractivity contribution in [3.8, 4) is 0 Å². The first kappa shape index (κ1) is 24.3. The second-order valence-electron chi connectivity index (χ2n) is 5.75. The largest absolute Gasteiger partial charge is 0.416 e. The van der Waals surface area contributed by atoms with Gasteiger partial charge >= 0.3 is 6.18 Å². The maximum atomic E-state index is 12.9. The van der Waals surface area contributed by atoms with E-state index in [0.29, 0.717) is 29.6 Å². The van der Waals surface area contributed by atoms with Crippen molar-refractivity contribution in [1.82, 2.24) is 22.6 Å². The van der Waals surface area contributed by atoms with E-state index in [2.05, 4.69) is 26.2 Å². The Morgan fingerprint density at radius 1 is 1.04 bits per heavy atom. The number of alkyl halides is 3. The predicted molar refractivity (Wildman–Crippen MR) is 104 cm³/mol. The Bertz CT molecular complexity index is 919. The lowest BCUT2D eigenvalue weighted by atomic mass is 10.2. The van der Waals surface area contributed by atoms with Crippen molar-refractivity contribution in [1.29, 1.82) is 0 Å². The van der Waals surface area contributed by atoms with Gasteiger partial charge in [0.15, 0.2) is 0 Å². The van der Waals surface area contributed by atoms with Gasteiger partial charge in [-0.25, -0.2) is 13.4 Å². The highest BCUT2D eigenvalue weighted by molar-refractivity contribution is 9.10. The van der Waals surface area contributed by atoms with Crippen LogP contribution in [-0.4, -0.2) is 39.6 Å². The number of anilines is 1. The van der Waals surface area contributed by atoms with Crippen LogP contribution >= 0.6 is 15.9 Å². The number of hydrogen-bond acceptors (Lipinski definition) is 7. The summed E-state index contributed by atoms with van der Waals surface area (Å²) in [6.45, 7) is 2.80. The molecule has 3 rings (SSSR count). The van der Waals surface area contributed by atoms with Crippen LogP contribution in [0.1, 0.15) is 5.56 Å². The van der Waals surface area contributed by atoms with Crippen molar-refractivity contribution in [2.45, 2.75) is 16.0 Å². The van der Waals surface area contributed by atoms with Gasteiger partial charge in [0.05, 0.1) is 15.4 Å². The summed E-state index contributed by atoms with van der Waals surface area (Å²) in [5, 5.41) is 3.18. The molecule has 1 aliphatic heterocycles. The molecule has 1 saturated heterocycles. The number of nitrogens with one attached hydrogen (secondary N) is 1. The molecule has 156 valence electrons. The lowest BCUT2D eigenvalue weighted by molar-refractivity contribution is -0.137. The van der Waals surface area contributed by atoms with E-state index in [-0.39, 0.29) is 17.2 Å². The molecule has 1 aromatic carbocycles. The van der Waals surface area contributed by atoms with E-state index >= 15 is 0 Å². The lowest BCUT2D eigenvalue weighted by Gasteiger charge is -2.28. The Hall–Kier alpha value is -1.73. The van der Waals surface area contributed by atoms with E-state index in [0.717, 1.165) is 31.3 Å². The predicted octanol–water partition coefficient (Wildman–Crippen LogP) is 3.43. The molecule has 0 radical (unpaired) electrons. The second-order valence-corrected chi connectivity index (χ2v) is 8.51. The average molecular weight is 484 g/mol. The Labute approximate surface area is 169 Å². The SMILES string of the molecule is N.N.O=S(=O)(c1cccc(C(F)(F)F)c1)c1cc(Br)nc(N2CCNCC2)c1. The molecule has 0 bridgehead atoms. The first-order valence-electron chi connectivity index (χ1n) is 7.73. The van der Waals surface area contributed by atoms with Gasteiger partial charge < -0.3 is 22.5 Å². The molecule has 2 aromatic rings. The Balaban J connectivity index is 0.00000196. The molecular weight excluding hydrogens is 463 g/mol. The molecule has 0 unspecified atom stereocenters. The topological polar surface area (TPSA) is 132 Å². The van der Waals surface area contributed by atoms with Crippen molar-refractivity contribution in [2.24, 2.45) is 0 Å². The maximum absolute atomic E-state index is 12.9. The van der Waals surface area contributed by atoms with E-state index < -0.39 is 26.5 Å². The number of piperazine rings is 1. The third kappa shape index (κ3) is 5.20. The molecule has 0 amide bonds. The van der Waals surface area contributed by atoms with Crippen molar-refractivity contribution in [3.05, 3.63) is 46.6 Å². The normalized spacial score (nSPS) is 14.8. The third-order valence-corrected chi connectivity index (χ3v) is 6.11. The standard InChI is InChI=1S/C16H15BrF3N3O2S.2H3N/c17-14-9-13(10-15(22-14)23-6-4-21-5-7-23)26(24,25)12-3-1-2-11(8-12)16(18,19)20;;/h1-3,8-10,21H,4-7H2;2*1H3. The monoisotopic (exact) mass is 483 g/mol. The summed E-state index contributed by atoms with van der Waals surface area (Å²) in [7, 11) is -4.12. The Morgan fingerprint density at radius 2 is 1.68 bits per heavy atom. The molecule has 28 heavy (non-hydrogen) atoms. The number of hydrogen-bond donors (Lipinski definition) is 3. The quantitative estimate of drug-likeness (QED) is 0.569. The van der Waals surface area contributed by atoms with Crippen LogP contribution in [0.4, 0.5) is 19.0 Å². The third-order valence-electron chi connectivity index (χ3n) is 3.98. The zero-order valence-electron chi connectivity index (χ0n) is 14.8. The molecule has 0 atom stereocenters. The lowest BCUT2D eigenvalue weighted by Crippen LogP contribution is -2.43. The van der Waals surface area contributed by atoms with E-state index in [1.807, 2.05) is 4.90 Å². The molecular formula is C16H21BrF3N5O2S. The summed E-state index contributed by atoms with van der Waals surface area (Å²) < 4.78 is 64.7. The van der Waals surface area contributed by atoms with Crippen LogP contribution in [0.15, 0.2) is 50.8 Å². The van der Waals surface area contributed by atoms with Crippen molar-refractivity contribution in [3.63, 3.8) is 0 Å². The van der Waals surface area contributed by atoms with Gasteiger partial charge in [-0.2, -0.15) is 13.2 Å².